The van der Waals surface area contributed by atoms with Gasteiger partial charge in [-0.25, -0.2) is 0 Å². The number of rotatable bonds is 1. The average Bonchev–Trinajstić information content (AvgIpc) is 2.45. The molecule has 2 rings (SSSR count). The third-order valence-corrected chi connectivity index (χ3v) is 3.01. The molecule has 1 aliphatic rings. The number of alkyl halides is 3. The predicted molar refractivity (Wildman–Crippen MR) is 62.3 cm³/mol. The molecule has 18 heavy (non-hydrogen) atoms. The van der Waals surface area contributed by atoms with E-state index in [-0.39, 0.29) is 17.5 Å². The third-order valence-electron chi connectivity index (χ3n) is 3.01. The maximum Gasteiger partial charge on any atom is 0.416 e. The highest BCUT2D eigenvalue weighted by Crippen LogP contribution is 2.35. The number of halogens is 3. The molecule has 1 amide bonds. The summed E-state index contributed by atoms with van der Waals surface area (Å²) in [5.41, 5.74) is -0.0589. The van der Waals surface area contributed by atoms with E-state index in [1.807, 2.05) is 6.92 Å². The average molecular weight is 258 g/mol. The molecule has 2 N–H and O–H groups in total. The van der Waals surface area contributed by atoms with Crippen LogP contribution in [0.4, 0.5) is 24.5 Å². The van der Waals surface area contributed by atoms with Gasteiger partial charge in [0.25, 0.3) is 0 Å². The van der Waals surface area contributed by atoms with Gasteiger partial charge >= 0.3 is 6.18 Å². The van der Waals surface area contributed by atoms with Gasteiger partial charge in [0, 0.05) is 6.54 Å². The summed E-state index contributed by atoms with van der Waals surface area (Å²) >= 11 is 0. The van der Waals surface area contributed by atoms with Crippen LogP contribution in [0.1, 0.15) is 18.9 Å². The highest BCUT2D eigenvalue weighted by atomic mass is 19.4. The topological polar surface area (TPSA) is 41.1 Å². The van der Waals surface area contributed by atoms with Crippen LogP contribution in [-0.4, -0.2) is 12.5 Å². The zero-order valence-corrected chi connectivity index (χ0v) is 9.77. The van der Waals surface area contributed by atoms with Crippen LogP contribution in [0, 0.1) is 5.92 Å². The summed E-state index contributed by atoms with van der Waals surface area (Å²) in [5, 5.41) is 5.52. The fourth-order valence-electron chi connectivity index (χ4n) is 1.87. The van der Waals surface area contributed by atoms with Crippen molar-refractivity contribution in [3.05, 3.63) is 23.8 Å². The molecule has 1 aliphatic heterocycles. The van der Waals surface area contributed by atoms with Gasteiger partial charge in [0.2, 0.25) is 5.91 Å². The minimum Gasteiger partial charge on any atom is -0.383 e. The van der Waals surface area contributed by atoms with Crippen molar-refractivity contribution in [2.24, 2.45) is 5.92 Å². The molecule has 98 valence electrons. The number of anilines is 2. The maximum absolute atomic E-state index is 12.6. The van der Waals surface area contributed by atoms with Gasteiger partial charge in [-0.1, -0.05) is 6.92 Å². The first-order valence-corrected chi connectivity index (χ1v) is 5.67. The molecule has 1 heterocycles. The SMILES string of the molecule is CCC1CNc2ccc(C(F)(F)F)cc2NC1=O. The van der Waals surface area contributed by atoms with Crippen molar-refractivity contribution in [3.63, 3.8) is 0 Å². The van der Waals surface area contributed by atoms with E-state index in [4.69, 9.17) is 0 Å². The summed E-state index contributed by atoms with van der Waals surface area (Å²) in [4.78, 5) is 11.7. The summed E-state index contributed by atoms with van der Waals surface area (Å²) < 4.78 is 37.7. The molecule has 0 radical (unpaired) electrons. The van der Waals surface area contributed by atoms with Crippen LogP contribution in [0.2, 0.25) is 0 Å². The highest BCUT2D eigenvalue weighted by molar-refractivity contribution is 5.97. The van der Waals surface area contributed by atoms with Gasteiger partial charge in [0.05, 0.1) is 22.9 Å². The number of nitrogens with one attached hydrogen (secondary N) is 2. The van der Waals surface area contributed by atoms with Gasteiger partial charge < -0.3 is 10.6 Å². The lowest BCUT2D eigenvalue weighted by Gasteiger charge is -2.12. The van der Waals surface area contributed by atoms with E-state index in [0.29, 0.717) is 18.7 Å². The Morgan fingerprint density at radius 3 is 2.67 bits per heavy atom. The van der Waals surface area contributed by atoms with Crippen molar-refractivity contribution in [1.82, 2.24) is 0 Å². The summed E-state index contributed by atoms with van der Waals surface area (Å²) in [6, 6.07) is 3.30. The first-order chi connectivity index (χ1) is 8.41. The fraction of sp³-hybridized carbons (Fsp3) is 0.417. The van der Waals surface area contributed by atoms with Crippen LogP contribution in [-0.2, 0) is 11.0 Å². The number of hydrogen-bond acceptors (Lipinski definition) is 2. The Balaban J connectivity index is 2.35. The molecule has 1 unspecified atom stereocenters. The first kappa shape index (κ1) is 12.7. The number of fused-ring (bicyclic) bond motifs is 1. The third kappa shape index (κ3) is 2.42. The lowest BCUT2D eigenvalue weighted by molar-refractivity contribution is -0.137. The molecule has 0 saturated carbocycles. The van der Waals surface area contributed by atoms with E-state index < -0.39 is 11.7 Å². The van der Waals surface area contributed by atoms with Crippen molar-refractivity contribution in [3.8, 4) is 0 Å². The van der Waals surface area contributed by atoms with E-state index in [2.05, 4.69) is 10.6 Å². The molecule has 0 fully saturated rings. The van der Waals surface area contributed by atoms with E-state index in [9.17, 15) is 18.0 Å². The molecule has 0 bridgehead atoms. The van der Waals surface area contributed by atoms with Crippen LogP contribution in [0.15, 0.2) is 18.2 Å². The molecular weight excluding hydrogens is 245 g/mol. The molecule has 6 heteroatoms. The molecule has 0 saturated heterocycles. The molecule has 1 atom stereocenters. The van der Waals surface area contributed by atoms with E-state index in [0.717, 1.165) is 12.1 Å². The van der Waals surface area contributed by atoms with Gasteiger partial charge in [-0.05, 0) is 24.6 Å². The summed E-state index contributed by atoms with van der Waals surface area (Å²) in [6.45, 7) is 2.30. The summed E-state index contributed by atoms with van der Waals surface area (Å²) in [6.07, 6.45) is -3.77. The van der Waals surface area contributed by atoms with Gasteiger partial charge in [0.1, 0.15) is 0 Å². The molecule has 1 aromatic carbocycles. The van der Waals surface area contributed by atoms with Crippen LogP contribution in [0.3, 0.4) is 0 Å². The molecule has 0 spiro atoms. The second-order valence-corrected chi connectivity index (χ2v) is 4.23. The van der Waals surface area contributed by atoms with E-state index >= 15 is 0 Å². The van der Waals surface area contributed by atoms with Gasteiger partial charge in [-0.15, -0.1) is 0 Å². The van der Waals surface area contributed by atoms with Gasteiger partial charge in [-0.3, -0.25) is 4.79 Å². The summed E-state index contributed by atoms with van der Waals surface area (Å²) in [5.74, 6) is -0.477. The molecular formula is C12H13F3N2O. The van der Waals surface area contributed by atoms with Crippen molar-refractivity contribution in [2.75, 3.05) is 17.2 Å². The maximum atomic E-state index is 12.6. The number of carbonyl (C=O) groups excluding carboxylic acids is 1. The Hall–Kier alpha value is -1.72. The second-order valence-electron chi connectivity index (χ2n) is 4.23. The summed E-state index contributed by atoms with van der Waals surface area (Å²) in [7, 11) is 0. The van der Waals surface area contributed by atoms with Crippen LogP contribution in [0.5, 0.6) is 0 Å². The van der Waals surface area contributed by atoms with Crippen molar-refractivity contribution in [1.29, 1.82) is 0 Å². The Morgan fingerprint density at radius 1 is 1.33 bits per heavy atom. The quantitative estimate of drug-likeness (QED) is 0.812. The predicted octanol–water partition coefficient (Wildman–Crippen LogP) is 3.10. The minimum absolute atomic E-state index is 0.186. The van der Waals surface area contributed by atoms with Crippen LogP contribution >= 0.6 is 0 Å². The van der Waals surface area contributed by atoms with Crippen molar-refractivity contribution in [2.45, 2.75) is 19.5 Å². The fourth-order valence-corrected chi connectivity index (χ4v) is 1.87. The van der Waals surface area contributed by atoms with Crippen LogP contribution < -0.4 is 10.6 Å². The van der Waals surface area contributed by atoms with E-state index in [1.165, 1.54) is 6.07 Å². The van der Waals surface area contributed by atoms with E-state index in [1.54, 1.807) is 0 Å². The number of amides is 1. The standard InChI is InChI=1S/C12H13F3N2O/c1-2-7-6-16-9-4-3-8(12(13,14)15)5-10(9)17-11(7)18/h3-5,7,16H,2,6H2,1H3,(H,17,18). The highest BCUT2D eigenvalue weighted by Gasteiger charge is 2.32. The smallest absolute Gasteiger partial charge is 0.383 e. The van der Waals surface area contributed by atoms with Crippen LogP contribution in [0.25, 0.3) is 0 Å². The zero-order chi connectivity index (χ0) is 13.3. The monoisotopic (exact) mass is 258 g/mol. The number of benzene rings is 1. The molecule has 1 aromatic rings. The first-order valence-electron chi connectivity index (χ1n) is 5.67. The normalized spacial score (nSPS) is 19.6. The number of hydrogen-bond donors (Lipinski definition) is 2. The van der Waals surface area contributed by atoms with Crippen molar-refractivity contribution < 1.29 is 18.0 Å². The molecule has 3 nitrogen and oxygen atoms in total. The van der Waals surface area contributed by atoms with Crippen molar-refractivity contribution >= 4 is 17.3 Å². The second kappa shape index (κ2) is 4.51. The molecule has 0 aromatic heterocycles. The molecule has 0 aliphatic carbocycles. The van der Waals surface area contributed by atoms with Gasteiger partial charge in [0.15, 0.2) is 0 Å². The lowest BCUT2D eigenvalue weighted by atomic mass is 10.1. The Labute approximate surface area is 102 Å². The van der Waals surface area contributed by atoms with Gasteiger partial charge in [-0.2, -0.15) is 13.2 Å². The largest absolute Gasteiger partial charge is 0.416 e. The zero-order valence-electron chi connectivity index (χ0n) is 9.77. The minimum atomic E-state index is -4.41. The number of carbonyl (C=O) groups is 1. The Kier molecular flexibility index (Phi) is 3.19. The Morgan fingerprint density at radius 2 is 2.06 bits per heavy atom. The lowest BCUT2D eigenvalue weighted by Crippen LogP contribution is -2.24. The Bertz CT molecular complexity index is 471.